The molecule has 0 fully saturated rings. The fourth-order valence-corrected chi connectivity index (χ4v) is 2.00. The zero-order chi connectivity index (χ0) is 13.4. The number of hydrogen-bond donors (Lipinski definition) is 1. The van der Waals surface area contributed by atoms with Crippen LogP contribution in [0.2, 0.25) is 0 Å². The van der Waals surface area contributed by atoms with Crippen molar-refractivity contribution in [2.75, 3.05) is 19.8 Å². The minimum atomic E-state index is 0.181. The number of benzene rings is 1. The molecular weight excluding hydrogens is 352 g/mol. The Morgan fingerprint density at radius 2 is 2.11 bits per heavy atom. The Morgan fingerprint density at radius 3 is 2.78 bits per heavy atom. The second kappa shape index (κ2) is 9.26. The molecule has 0 aliphatic carbocycles. The Balaban J connectivity index is 2.26. The van der Waals surface area contributed by atoms with Crippen LogP contribution in [-0.4, -0.2) is 34.9 Å². The van der Waals surface area contributed by atoms with Gasteiger partial charge < -0.3 is 9.47 Å². The fourth-order valence-electron chi connectivity index (χ4n) is 1.25. The molecule has 0 N–H and O–H groups in total. The van der Waals surface area contributed by atoms with Crippen molar-refractivity contribution in [1.29, 1.82) is 0 Å². The van der Waals surface area contributed by atoms with Crippen LogP contribution in [0.5, 0.6) is 5.75 Å². The lowest BCUT2D eigenvalue weighted by Gasteiger charge is -2.10. The van der Waals surface area contributed by atoms with E-state index in [4.69, 9.17) is 21.1 Å². The first-order valence-electron chi connectivity index (χ1n) is 5.57. The number of ether oxygens (including phenoxy) is 2. The number of alkyl halides is 1. The number of rotatable bonds is 8. The molecule has 0 aliphatic rings. The third-order valence-electron chi connectivity index (χ3n) is 2.17. The van der Waals surface area contributed by atoms with Gasteiger partial charge in [-0.2, -0.15) is 12.6 Å². The van der Waals surface area contributed by atoms with E-state index >= 15 is 0 Å². The molecule has 0 saturated carbocycles. The average Bonchev–Trinajstić information content (AvgIpc) is 2.35. The molecule has 99 valence electrons. The van der Waals surface area contributed by atoms with Crippen molar-refractivity contribution in [3.8, 4) is 5.75 Å². The maximum absolute atomic E-state index is 5.78. The third kappa shape index (κ3) is 6.47. The summed E-state index contributed by atoms with van der Waals surface area (Å²) in [5, 5.41) is 0. The van der Waals surface area contributed by atoms with E-state index in [1.54, 1.807) is 0 Å². The zero-order valence-corrected chi connectivity index (χ0v) is 14.1. The summed E-state index contributed by atoms with van der Waals surface area (Å²) in [6.07, 6.45) is 0.866. The maximum atomic E-state index is 5.78. The number of hydrogen-bond acceptors (Lipinski definition) is 3. The molecule has 1 atom stereocenters. The lowest BCUT2D eigenvalue weighted by molar-refractivity contribution is 0.0999. The lowest BCUT2D eigenvalue weighted by Crippen LogP contribution is -2.10. The van der Waals surface area contributed by atoms with Gasteiger partial charge in [-0.3, -0.25) is 0 Å². The molecule has 3 radical (unpaired) electrons. The van der Waals surface area contributed by atoms with Crippen LogP contribution in [0.3, 0.4) is 0 Å². The van der Waals surface area contributed by atoms with Crippen LogP contribution >= 0.6 is 40.2 Å². The lowest BCUT2D eigenvalue weighted by atomic mass is 10.2. The van der Waals surface area contributed by atoms with Crippen LogP contribution in [0, 0.1) is 0 Å². The van der Waals surface area contributed by atoms with Crippen LogP contribution in [0.25, 0.3) is 0 Å². The average molecular weight is 367 g/mol. The Morgan fingerprint density at radius 1 is 1.33 bits per heavy atom. The van der Waals surface area contributed by atoms with Crippen LogP contribution < -0.4 is 4.74 Å². The summed E-state index contributed by atoms with van der Waals surface area (Å²) in [6.45, 7) is 1.75. The molecule has 0 bridgehead atoms. The van der Waals surface area contributed by atoms with Crippen molar-refractivity contribution < 1.29 is 9.47 Å². The van der Waals surface area contributed by atoms with E-state index in [0.717, 1.165) is 22.2 Å². The summed E-state index contributed by atoms with van der Waals surface area (Å²) in [6, 6.07) is 5.83. The minimum absolute atomic E-state index is 0.181. The summed E-state index contributed by atoms with van der Waals surface area (Å²) in [7, 11) is 3.39. The second-order valence-electron chi connectivity index (χ2n) is 3.66. The van der Waals surface area contributed by atoms with Crippen molar-refractivity contribution in [3.05, 3.63) is 28.2 Å². The van der Waals surface area contributed by atoms with E-state index < -0.39 is 0 Å². The number of halogens is 2. The van der Waals surface area contributed by atoms with Crippen molar-refractivity contribution in [1.82, 2.24) is 0 Å². The van der Waals surface area contributed by atoms with Crippen LogP contribution in [-0.2, 0) is 10.6 Å². The van der Waals surface area contributed by atoms with Gasteiger partial charge >= 0.3 is 0 Å². The molecule has 6 heteroatoms. The molecule has 0 aromatic heterocycles. The van der Waals surface area contributed by atoms with Gasteiger partial charge in [0.1, 0.15) is 12.4 Å². The van der Waals surface area contributed by atoms with Crippen molar-refractivity contribution >= 4 is 50.4 Å². The van der Waals surface area contributed by atoms with E-state index in [0.29, 0.717) is 25.7 Å². The smallest absolute Gasteiger partial charge is 0.133 e. The highest BCUT2D eigenvalue weighted by Gasteiger charge is 2.02. The predicted molar refractivity (Wildman–Crippen MR) is 83.2 cm³/mol. The van der Waals surface area contributed by atoms with Crippen LogP contribution in [0.15, 0.2) is 22.7 Å². The standard InChI is InChI=1S/C12H15BrClO2SSi/c13-10-2-1-9(8-14)7-11(10)16-6-5-15-4-3-12(17)18/h1-2,7,12,17H,3-6,8H2. The maximum Gasteiger partial charge on any atom is 0.133 e. The fraction of sp³-hybridized carbons (Fsp3) is 0.500. The summed E-state index contributed by atoms with van der Waals surface area (Å²) in [4.78, 5) is 0.181. The van der Waals surface area contributed by atoms with E-state index in [2.05, 4.69) is 38.8 Å². The van der Waals surface area contributed by atoms with Gasteiger partial charge in [0.2, 0.25) is 0 Å². The van der Waals surface area contributed by atoms with Gasteiger partial charge in [0.05, 0.1) is 11.1 Å². The highest BCUT2D eigenvalue weighted by atomic mass is 79.9. The van der Waals surface area contributed by atoms with E-state index in [9.17, 15) is 0 Å². The van der Waals surface area contributed by atoms with Gasteiger partial charge in [0, 0.05) is 22.7 Å². The SMILES string of the molecule is [Si]C(S)CCOCCOc1cc(CCl)ccc1Br. The normalized spacial score (nSPS) is 12.4. The zero-order valence-electron chi connectivity index (χ0n) is 9.86. The Bertz CT molecular complexity index is 366. The third-order valence-corrected chi connectivity index (χ3v) is 3.68. The highest BCUT2D eigenvalue weighted by Crippen LogP contribution is 2.26. The molecule has 0 aliphatic heterocycles. The minimum Gasteiger partial charge on any atom is -0.490 e. The van der Waals surface area contributed by atoms with Gasteiger partial charge in [-0.1, -0.05) is 6.07 Å². The highest BCUT2D eigenvalue weighted by molar-refractivity contribution is 9.10. The van der Waals surface area contributed by atoms with Crippen molar-refractivity contribution in [2.24, 2.45) is 0 Å². The topological polar surface area (TPSA) is 18.5 Å². The first-order valence-corrected chi connectivity index (χ1v) is 7.99. The van der Waals surface area contributed by atoms with Gasteiger partial charge in [-0.25, -0.2) is 0 Å². The molecule has 1 rings (SSSR count). The molecule has 0 saturated heterocycles. The van der Waals surface area contributed by atoms with Gasteiger partial charge in [-0.15, -0.1) is 11.6 Å². The van der Waals surface area contributed by atoms with Gasteiger partial charge in [-0.05, 0) is 44.9 Å². The van der Waals surface area contributed by atoms with Crippen molar-refractivity contribution in [3.63, 3.8) is 0 Å². The molecule has 1 aromatic rings. The molecule has 18 heavy (non-hydrogen) atoms. The quantitative estimate of drug-likeness (QED) is 0.329. The summed E-state index contributed by atoms with van der Waals surface area (Å²) in [5.41, 5.74) is 1.03. The molecule has 1 unspecified atom stereocenters. The first-order chi connectivity index (χ1) is 8.63. The Hall–Kier alpha value is 0.317. The molecule has 1 aromatic carbocycles. The molecule has 0 amide bonds. The monoisotopic (exact) mass is 365 g/mol. The molecular formula is C12H15BrClO2SSi. The van der Waals surface area contributed by atoms with E-state index in [1.165, 1.54) is 0 Å². The summed E-state index contributed by atoms with van der Waals surface area (Å²) in [5.74, 6) is 1.28. The Kier molecular flexibility index (Phi) is 8.42. The Labute approximate surface area is 130 Å². The van der Waals surface area contributed by atoms with Crippen LogP contribution in [0.4, 0.5) is 0 Å². The van der Waals surface area contributed by atoms with Gasteiger partial charge in [0.25, 0.3) is 0 Å². The van der Waals surface area contributed by atoms with Gasteiger partial charge in [0.15, 0.2) is 0 Å². The second-order valence-corrected chi connectivity index (χ2v) is 6.59. The van der Waals surface area contributed by atoms with Crippen LogP contribution in [0.1, 0.15) is 12.0 Å². The molecule has 2 nitrogen and oxygen atoms in total. The largest absolute Gasteiger partial charge is 0.490 e. The van der Waals surface area contributed by atoms with E-state index in [1.807, 2.05) is 18.2 Å². The summed E-state index contributed by atoms with van der Waals surface area (Å²) < 4.78 is 12.0. The van der Waals surface area contributed by atoms with E-state index in [-0.39, 0.29) is 4.87 Å². The molecule has 0 heterocycles. The first kappa shape index (κ1) is 16.4. The number of thiol groups is 1. The summed E-state index contributed by atoms with van der Waals surface area (Å²) >= 11 is 13.4. The predicted octanol–water partition coefficient (Wildman–Crippen LogP) is 3.40. The van der Waals surface area contributed by atoms with Crippen molar-refractivity contribution in [2.45, 2.75) is 17.2 Å². The molecule has 0 spiro atoms.